The maximum Gasteiger partial charge on any atom is 0.412 e. The number of benzene rings is 2. The first kappa shape index (κ1) is 23.2. The molecule has 1 heterocycles. The number of thiophene rings is 1. The van der Waals surface area contributed by atoms with Gasteiger partial charge < -0.3 is 10.1 Å². The van der Waals surface area contributed by atoms with E-state index in [1.807, 2.05) is 11.4 Å². The third kappa shape index (κ3) is 4.86. The van der Waals surface area contributed by atoms with E-state index in [1.165, 1.54) is 18.3 Å². The number of hydrogen-bond acceptors (Lipinski definition) is 4. The predicted octanol–water partition coefficient (Wildman–Crippen LogP) is 7.22. The Morgan fingerprint density at radius 1 is 1.09 bits per heavy atom. The lowest BCUT2D eigenvalue weighted by atomic mass is 10.1. The van der Waals surface area contributed by atoms with Gasteiger partial charge in [0.15, 0.2) is 0 Å². The van der Waals surface area contributed by atoms with Crippen molar-refractivity contribution in [3.05, 3.63) is 70.6 Å². The molecule has 1 aromatic heterocycles. The molecule has 0 radical (unpaired) electrons. The van der Waals surface area contributed by atoms with E-state index in [0.717, 1.165) is 10.4 Å². The number of hydrogen-bond donors (Lipinski definition) is 2. The minimum atomic E-state index is -2.94. The first-order valence-electron chi connectivity index (χ1n) is 10.3. The van der Waals surface area contributed by atoms with Crippen LogP contribution in [0, 0.1) is 11.8 Å². The summed E-state index contributed by atoms with van der Waals surface area (Å²) in [6.07, 6.45) is -1.16. The maximum absolute atomic E-state index is 13.4. The maximum atomic E-state index is 13.4. The molecule has 2 unspecified atom stereocenters. The number of halogens is 3. The van der Waals surface area contributed by atoms with E-state index in [1.54, 1.807) is 55.5 Å². The highest BCUT2D eigenvalue weighted by Crippen LogP contribution is 2.55. The van der Waals surface area contributed by atoms with Crippen LogP contribution >= 0.6 is 22.9 Å². The first-order valence-corrected chi connectivity index (χ1v) is 11.5. The summed E-state index contributed by atoms with van der Waals surface area (Å²) in [5.74, 6) is -5.87. The molecule has 0 bridgehead atoms. The van der Waals surface area contributed by atoms with Crippen LogP contribution in [0.1, 0.15) is 25.5 Å². The van der Waals surface area contributed by atoms with Gasteiger partial charge in [0.2, 0.25) is 5.91 Å². The van der Waals surface area contributed by atoms with Crippen molar-refractivity contribution in [2.45, 2.75) is 25.9 Å². The standard InChI is InChI=1S/C24H21ClF2N2O3S/c1-13-20(24(13,26)27)22(30)28-16-9-7-15(8-10-16)21-19(11-12-33-21)29-23(31)32-14(2)17-5-3-4-6-18(17)25/h3-14,20H,1-2H3,(H,28,30)(H,29,31)/t13?,14-,20?/m1/s1. The molecule has 1 saturated carbocycles. The fourth-order valence-corrected chi connectivity index (χ4v) is 4.75. The van der Waals surface area contributed by atoms with Crippen molar-refractivity contribution >= 4 is 46.3 Å². The number of rotatable bonds is 6. The summed E-state index contributed by atoms with van der Waals surface area (Å²) >= 11 is 7.58. The summed E-state index contributed by atoms with van der Waals surface area (Å²) < 4.78 is 32.3. The molecule has 2 N–H and O–H groups in total. The van der Waals surface area contributed by atoms with Gasteiger partial charge in [-0.25, -0.2) is 13.6 Å². The second-order valence-corrected chi connectivity index (χ2v) is 9.19. The number of nitrogens with one attached hydrogen (secondary N) is 2. The normalized spacial score (nSPS) is 19.4. The third-order valence-electron chi connectivity index (χ3n) is 5.64. The van der Waals surface area contributed by atoms with Gasteiger partial charge in [-0.2, -0.15) is 0 Å². The van der Waals surface area contributed by atoms with Crippen LogP contribution in [0.15, 0.2) is 60.0 Å². The molecule has 0 saturated heterocycles. The molecule has 172 valence electrons. The molecule has 1 aliphatic rings. The van der Waals surface area contributed by atoms with Gasteiger partial charge in [-0.1, -0.05) is 48.9 Å². The molecule has 2 aromatic carbocycles. The minimum Gasteiger partial charge on any atom is -0.441 e. The Balaban J connectivity index is 1.39. The van der Waals surface area contributed by atoms with E-state index in [-0.39, 0.29) is 0 Å². The second-order valence-electron chi connectivity index (χ2n) is 7.86. The Hall–Kier alpha value is -2.97. The Kier molecular flexibility index (Phi) is 6.41. The van der Waals surface area contributed by atoms with E-state index >= 15 is 0 Å². The second kappa shape index (κ2) is 9.11. The number of anilines is 2. The van der Waals surface area contributed by atoms with Crippen LogP contribution in [0.3, 0.4) is 0 Å². The summed E-state index contributed by atoms with van der Waals surface area (Å²) in [6.45, 7) is 3.10. The van der Waals surface area contributed by atoms with Crippen molar-refractivity contribution in [2.24, 2.45) is 11.8 Å². The van der Waals surface area contributed by atoms with Crippen molar-refractivity contribution in [1.82, 2.24) is 0 Å². The quantitative estimate of drug-likeness (QED) is 0.383. The third-order valence-corrected chi connectivity index (χ3v) is 6.95. The zero-order chi connectivity index (χ0) is 23.8. The molecule has 0 spiro atoms. The zero-order valence-corrected chi connectivity index (χ0v) is 19.3. The van der Waals surface area contributed by atoms with Gasteiger partial charge >= 0.3 is 6.09 Å². The Labute approximate surface area is 198 Å². The lowest BCUT2D eigenvalue weighted by Crippen LogP contribution is -2.17. The van der Waals surface area contributed by atoms with Crippen molar-refractivity contribution in [3.63, 3.8) is 0 Å². The highest BCUT2D eigenvalue weighted by atomic mass is 35.5. The van der Waals surface area contributed by atoms with Crippen LogP contribution in [0.5, 0.6) is 0 Å². The predicted molar refractivity (Wildman–Crippen MR) is 126 cm³/mol. The topological polar surface area (TPSA) is 67.4 Å². The molecule has 3 atom stereocenters. The monoisotopic (exact) mass is 490 g/mol. The Morgan fingerprint density at radius 3 is 2.39 bits per heavy atom. The van der Waals surface area contributed by atoms with Crippen LogP contribution in [-0.2, 0) is 9.53 Å². The van der Waals surface area contributed by atoms with E-state index in [9.17, 15) is 18.4 Å². The molecule has 2 amide bonds. The van der Waals surface area contributed by atoms with Crippen LogP contribution in [0.2, 0.25) is 5.02 Å². The Morgan fingerprint density at radius 2 is 1.76 bits per heavy atom. The van der Waals surface area contributed by atoms with Crippen LogP contribution < -0.4 is 10.6 Å². The van der Waals surface area contributed by atoms with Crippen molar-refractivity contribution in [3.8, 4) is 10.4 Å². The highest BCUT2D eigenvalue weighted by molar-refractivity contribution is 7.14. The molecule has 4 rings (SSSR count). The van der Waals surface area contributed by atoms with Crippen LogP contribution in [0.4, 0.5) is 25.0 Å². The lowest BCUT2D eigenvalue weighted by molar-refractivity contribution is -0.119. The van der Waals surface area contributed by atoms with E-state index < -0.39 is 35.9 Å². The number of carbonyl (C=O) groups excluding carboxylic acids is 2. The van der Waals surface area contributed by atoms with Gasteiger partial charge in [0, 0.05) is 22.2 Å². The van der Waals surface area contributed by atoms with E-state index in [2.05, 4.69) is 10.6 Å². The fraction of sp³-hybridized carbons (Fsp3) is 0.250. The zero-order valence-electron chi connectivity index (χ0n) is 17.8. The number of carbonyl (C=O) groups is 2. The van der Waals surface area contributed by atoms with Gasteiger partial charge in [0.1, 0.15) is 12.0 Å². The molecule has 5 nitrogen and oxygen atoms in total. The molecule has 0 aliphatic heterocycles. The molecular weight excluding hydrogens is 470 g/mol. The number of alkyl halides is 2. The highest BCUT2D eigenvalue weighted by Gasteiger charge is 2.69. The first-order chi connectivity index (χ1) is 15.7. The van der Waals surface area contributed by atoms with Crippen molar-refractivity contribution in [1.29, 1.82) is 0 Å². The Bertz CT molecular complexity index is 1180. The van der Waals surface area contributed by atoms with Gasteiger partial charge in [0.05, 0.1) is 10.6 Å². The smallest absolute Gasteiger partial charge is 0.412 e. The van der Waals surface area contributed by atoms with Crippen molar-refractivity contribution in [2.75, 3.05) is 10.6 Å². The molecule has 1 aliphatic carbocycles. The molecule has 9 heteroatoms. The molecular formula is C24H21ClF2N2O3S. The lowest BCUT2D eigenvalue weighted by Gasteiger charge is -2.15. The summed E-state index contributed by atoms with van der Waals surface area (Å²) in [5, 5.41) is 7.62. The van der Waals surface area contributed by atoms with E-state index in [0.29, 0.717) is 22.0 Å². The average Bonchev–Trinajstić information content (AvgIpc) is 3.07. The number of amides is 2. The SMILES string of the molecule is CC1C(C(=O)Nc2ccc(-c3sccc3NC(=O)O[C@H](C)c3ccccc3Cl)cc2)C1(F)F. The molecule has 33 heavy (non-hydrogen) atoms. The average molecular weight is 491 g/mol. The molecule has 3 aromatic rings. The van der Waals surface area contributed by atoms with Crippen LogP contribution in [0.25, 0.3) is 10.4 Å². The fourth-order valence-electron chi connectivity index (χ4n) is 3.61. The molecule has 1 fully saturated rings. The van der Waals surface area contributed by atoms with Crippen molar-refractivity contribution < 1.29 is 23.1 Å². The van der Waals surface area contributed by atoms with Gasteiger partial charge in [-0.15, -0.1) is 11.3 Å². The summed E-state index contributed by atoms with van der Waals surface area (Å²) in [4.78, 5) is 25.3. The van der Waals surface area contributed by atoms with Crippen LogP contribution in [-0.4, -0.2) is 17.9 Å². The minimum absolute atomic E-state index is 0.428. The number of ether oxygens (including phenoxy) is 1. The summed E-state index contributed by atoms with van der Waals surface area (Å²) in [5.41, 5.74) is 2.50. The van der Waals surface area contributed by atoms with Gasteiger partial charge in [-0.05, 0) is 42.1 Å². The van der Waals surface area contributed by atoms with Gasteiger partial charge in [0.25, 0.3) is 5.92 Å². The van der Waals surface area contributed by atoms with Gasteiger partial charge in [-0.3, -0.25) is 10.1 Å². The summed E-state index contributed by atoms with van der Waals surface area (Å²) in [6, 6.07) is 15.7. The summed E-state index contributed by atoms with van der Waals surface area (Å²) in [7, 11) is 0. The largest absolute Gasteiger partial charge is 0.441 e. The van der Waals surface area contributed by atoms with E-state index in [4.69, 9.17) is 16.3 Å².